The Labute approximate surface area is 116 Å². The fraction of sp³-hybridized carbons (Fsp3) is 0.769. The van der Waals surface area contributed by atoms with E-state index in [9.17, 15) is 14.4 Å². The molecule has 102 valence electrons. The molecule has 0 aromatic rings. The molecule has 1 saturated carbocycles. The number of carbonyl (C=O) groups is 3. The molecule has 1 aliphatic carbocycles. The Morgan fingerprint density at radius 1 is 1.22 bits per heavy atom. The molecule has 0 heterocycles. The maximum absolute atomic E-state index is 11.6. The molecule has 5 heteroatoms. The molecule has 0 N–H and O–H groups in total. The largest absolute Gasteiger partial charge is 0.469 e. The lowest BCUT2D eigenvalue weighted by Crippen LogP contribution is -2.38. The molecular formula is C13H19BrO4. The standard InChI is InChI=1S/C13H19BrO4/c1-7(15)13(14,8(2)16)6-9-10(11(17)18-5)12(9,3)4/h9-10H,6H2,1-5H3/t9-,10-/m1/s1. The summed E-state index contributed by atoms with van der Waals surface area (Å²) in [6.45, 7) is 6.68. The molecule has 2 atom stereocenters. The summed E-state index contributed by atoms with van der Waals surface area (Å²) in [6, 6.07) is 0. The minimum absolute atomic E-state index is 0.0166. The van der Waals surface area contributed by atoms with Gasteiger partial charge < -0.3 is 4.74 Å². The average Bonchev–Trinajstić information content (AvgIpc) is 2.78. The maximum Gasteiger partial charge on any atom is 0.309 e. The molecule has 0 radical (unpaired) electrons. The van der Waals surface area contributed by atoms with Crippen molar-refractivity contribution >= 4 is 33.5 Å². The van der Waals surface area contributed by atoms with Crippen molar-refractivity contribution in [3.63, 3.8) is 0 Å². The molecule has 1 aliphatic rings. The first kappa shape index (κ1) is 15.3. The van der Waals surface area contributed by atoms with Crippen LogP contribution in [0.15, 0.2) is 0 Å². The molecule has 0 amide bonds. The summed E-state index contributed by atoms with van der Waals surface area (Å²) in [7, 11) is 1.35. The van der Waals surface area contributed by atoms with E-state index in [-0.39, 0.29) is 34.8 Å². The van der Waals surface area contributed by atoms with Gasteiger partial charge in [0.1, 0.15) is 4.32 Å². The highest BCUT2D eigenvalue weighted by atomic mass is 79.9. The second-order valence-electron chi connectivity index (χ2n) is 5.55. The summed E-state index contributed by atoms with van der Waals surface area (Å²) in [5.41, 5.74) is -0.225. The van der Waals surface area contributed by atoms with Crippen LogP contribution in [0.1, 0.15) is 34.1 Å². The summed E-state index contributed by atoms with van der Waals surface area (Å²) in [6.07, 6.45) is 0.338. The Morgan fingerprint density at radius 2 is 1.67 bits per heavy atom. The van der Waals surface area contributed by atoms with Gasteiger partial charge in [-0.05, 0) is 31.6 Å². The molecular weight excluding hydrogens is 300 g/mol. The SMILES string of the molecule is COC(=O)[C@H]1[C@@H](CC(Br)(C(C)=O)C(C)=O)C1(C)C. The van der Waals surface area contributed by atoms with E-state index >= 15 is 0 Å². The van der Waals surface area contributed by atoms with E-state index in [1.807, 2.05) is 13.8 Å². The van der Waals surface area contributed by atoms with Gasteiger partial charge in [-0.25, -0.2) is 0 Å². The third-order valence-electron chi connectivity index (χ3n) is 4.12. The van der Waals surface area contributed by atoms with Crippen molar-refractivity contribution in [2.75, 3.05) is 7.11 Å². The third-order valence-corrected chi connectivity index (χ3v) is 5.56. The van der Waals surface area contributed by atoms with Crippen LogP contribution in [0, 0.1) is 17.3 Å². The van der Waals surface area contributed by atoms with E-state index < -0.39 is 4.32 Å². The van der Waals surface area contributed by atoms with Crippen molar-refractivity contribution in [3.05, 3.63) is 0 Å². The molecule has 0 aromatic heterocycles. The number of halogens is 1. The number of esters is 1. The number of methoxy groups -OCH3 is 1. The van der Waals surface area contributed by atoms with E-state index in [0.29, 0.717) is 6.42 Å². The van der Waals surface area contributed by atoms with Gasteiger partial charge in [0.15, 0.2) is 11.6 Å². The number of ether oxygens (including phenoxy) is 1. The highest BCUT2D eigenvalue weighted by molar-refractivity contribution is 9.10. The average molecular weight is 319 g/mol. The number of carbonyl (C=O) groups excluding carboxylic acids is 3. The molecule has 1 rings (SSSR count). The van der Waals surface area contributed by atoms with Crippen molar-refractivity contribution in [1.29, 1.82) is 0 Å². The molecule has 0 spiro atoms. The van der Waals surface area contributed by atoms with Gasteiger partial charge >= 0.3 is 5.97 Å². The second-order valence-corrected chi connectivity index (χ2v) is 6.90. The van der Waals surface area contributed by atoms with Crippen LogP contribution in [-0.4, -0.2) is 29.0 Å². The molecule has 0 saturated heterocycles. The molecule has 18 heavy (non-hydrogen) atoms. The Kier molecular flexibility index (Phi) is 4.06. The number of ketones is 2. The van der Waals surface area contributed by atoms with Crippen molar-refractivity contribution in [3.8, 4) is 0 Å². The first-order valence-electron chi connectivity index (χ1n) is 5.87. The van der Waals surface area contributed by atoms with Crippen LogP contribution in [0.25, 0.3) is 0 Å². The molecule has 0 aromatic carbocycles. The maximum atomic E-state index is 11.6. The zero-order chi connectivity index (χ0) is 14.3. The van der Waals surface area contributed by atoms with Crippen molar-refractivity contribution in [2.45, 2.75) is 38.4 Å². The first-order valence-corrected chi connectivity index (χ1v) is 6.67. The van der Waals surface area contributed by atoms with Gasteiger partial charge in [0, 0.05) is 0 Å². The Bertz CT molecular complexity index is 386. The zero-order valence-electron chi connectivity index (χ0n) is 11.4. The number of hydrogen-bond donors (Lipinski definition) is 0. The van der Waals surface area contributed by atoms with Crippen LogP contribution in [-0.2, 0) is 19.1 Å². The molecule has 4 nitrogen and oxygen atoms in total. The highest BCUT2D eigenvalue weighted by Crippen LogP contribution is 2.62. The smallest absolute Gasteiger partial charge is 0.309 e. The summed E-state index contributed by atoms with van der Waals surface area (Å²) in [5.74, 6) is -0.968. The highest BCUT2D eigenvalue weighted by Gasteiger charge is 2.64. The van der Waals surface area contributed by atoms with Crippen LogP contribution in [0.4, 0.5) is 0 Å². The number of hydrogen-bond acceptors (Lipinski definition) is 4. The van der Waals surface area contributed by atoms with Gasteiger partial charge in [0.25, 0.3) is 0 Å². The van der Waals surface area contributed by atoms with Crippen molar-refractivity contribution < 1.29 is 19.1 Å². The minimum atomic E-state index is -1.17. The predicted octanol–water partition coefficient (Wildman–Crippen LogP) is 2.13. The van der Waals surface area contributed by atoms with Gasteiger partial charge in [-0.2, -0.15) is 0 Å². The number of Topliss-reactive ketones (excluding diaryl/α,β-unsaturated/α-hetero) is 2. The van der Waals surface area contributed by atoms with Gasteiger partial charge in [-0.1, -0.05) is 29.8 Å². The fourth-order valence-corrected chi connectivity index (χ4v) is 2.91. The van der Waals surface area contributed by atoms with E-state index in [4.69, 9.17) is 4.74 Å². The van der Waals surface area contributed by atoms with Crippen molar-refractivity contribution in [1.82, 2.24) is 0 Å². The van der Waals surface area contributed by atoms with E-state index in [2.05, 4.69) is 15.9 Å². The van der Waals surface area contributed by atoms with Crippen molar-refractivity contribution in [2.24, 2.45) is 17.3 Å². The molecule has 0 aliphatic heterocycles. The van der Waals surface area contributed by atoms with Crippen LogP contribution in [0.5, 0.6) is 0 Å². The van der Waals surface area contributed by atoms with Gasteiger partial charge in [0.05, 0.1) is 13.0 Å². The monoisotopic (exact) mass is 318 g/mol. The molecule has 0 unspecified atom stereocenters. The summed E-state index contributed by atoms with van der Waals surface area (Å²) < 4.78 is 3.58. The lowest BCUT2D eigenvalue weighted by molar-refractivity contribution is -0.143. The normalized spacial score (nSPS) is 25.4. The summed E-state index contributed by atoms with van der Waals surface area (Å²) in [5, 5.41) is 0. The third kappa shape index (κ3) is 2.37. The first-order chi connectivity index (χ1) is 8.09. The van der Waals surface area contributed by atoms with Crippen LogP contribution in [0.2, 0.25) is 0 Å². The Balaban J connectivity index is 2.89. The summed E-state index contributed by atoms with van der Waals surface area (Å²) >= 11 is 3.25. The lowest BCUT2D eigenvalue weighted by atomic mass is 9.91. The fourth-order valence-electron chi connectivity index (χ4n) is 2.56. The lowest BCUT2D eigenvalue weighted by Gasteiger charge is -2.21. The van der Waals surface area contributed by atoms with Crippen LogP contribution >= 0.6 is 15.9 Å². The predicted molar refractivity (Wildman–Crippen MR) is 70.4 cm³/mol. The molecule has 1 fully saturated rings. The van der Waals surface area contributed by atoms with E-state index in [1.165, 1.54) is 21.0 Å². The topological polar surface area (TPSA) is 60.4 Å². The quantitative estimate of drug-likeness (QED) is 0.442. The Hall–Kier alpha value is -0.710. The van der Waals surface area contributed by atoms with E-state index in [1.54, 1.807) is 0 Å². The van der Waals surface area contributed by atoms with Gasteiger partial charge in [-0.3, -0.25) is 14.4 Å². The minimum Gasteiger partial charge on any atom is -0.469 e. The van der Waals surface area contributed by atoms with E-state index in [0.717, 1.165) is 0 Å². The van der Waals surface area contributed by atoms with Crippen LogP contribution in [0.3, 0.4) is 0 Å². The number of rotatable bonds is 5. The second kappa shape index (κ2) is 4.76. The van der Waals surface area contributed by atoms with Crippen LogP contribution < -0.4 is 0 Å². The molecule has 0 bridgehead atoms. The number of alkyl halides is 1. The zero-order valence-corrected chi connectivity index (χ0v) is 13.0. The van der Waals surface area contributed by atoms with Gasteiger partial charge in [0.2, 0.25) is 0 Å². The van der Waals surface area contributed by atoms with Gasteiger partial charge in [-0.15, -0.1) is 0 Å². The summed E-state index contributed by atoms with van der Waals surface area (Å²) in [4.78, 5) is 34.9. The Morgan fingerprint density at radius 3 is 2.00 bits per heavy atom.